The molecule has 2 aromatic carbocycles. The van der Waals surface area contributed by atoms with Gasteiger partial charge in [-0.2, -0.15) is 0 Å². The van der Waals surface area contributed by atoms with Gasteiger partial charge in [-0.25, -0.2) is 13.2 Å². The average molecular weight is 367 g/mol. The number of oxazole rings is 1. The fourth-order valence-corrected chi connectivity index (χ4v) is 4.09. The Kier molecular flexibility index (Phi) is 4.15. The second kappa shape index (κ2) is 5.99. The highest BCUT2D eigenvalue weighted by molar-refractivity contribution is 7.92. The van der Waals surface area contributed by atoms with Crippen molar-refractivity contribution in [2.45, 2.75) is 25.3 Å². The van der Waals surface area contributed by atoms with Crippen LogP contribution in [0.2, 0.25) is 5.02 Å². The maximum absolute atomic E-state index is 12.7. The van der Waals surface area contributed by atoms with E-state index >= 15 is 0 Å². The largest absolute Gasteiger partial charge is 0.419 e. The lowest BCUT2D eigenvalue weighted by Crippen LogP contribution is -2.15. The summed E-state index contributed by atoms with van der Waals surface area (Å²) in [7, 11) is -3.87. The summed E-state index contributed by atoms with van der Waals surface area (Å²) < 4.78 is 34.5. The molecule has 0 radical (unpaired) electrons. The number of fused-ring (bicyclic) bond motifs is 1. The Morgan fingerprint density at radius 3 is 2.62 bits per heavy atom. The molecule has 0 saturated carbocycles. The number of sulfonamides is 1. The van der Waals surface area contributed by atoms with Crippen molar-refractivity contribution in [1.82, 2.24) is 4.57 Å². The number of halogens is 1. The van der Waals surface area contributed by atoms with Crippen molar-refractivity contribution >= 4 is 38.4 Å². The van der Waals surface area contributed by atoms with E-state index in [9.17, 15) is 13.2 Å². The Morgan fingerprint density at radius 2 is 1.96 bits per heavy atom. The van der Waals surface area contributed by atoms with Crippen LogP contribution in [0.5, 0.6) is 0 Å². The van der Waals surface area contributed by atoms with Crippen LogP contribution < -0.4 is 10.5 Å². The predicted molar refractivity (Wildman–Crippen MR) is 93.1 cm³/mol. The van der Waals surface area contributed by atoms with Crippen LogP contribution in [-0.2, 0) is 16.6 Å². The fraction of sp³-hybridized carbons (Fsp3) is 0.188. The predicted octanol–water partition coefficient (Wildman–Crippen LogP) is 3.38. The molecule has 0 unspecified atom stereocenters. The molecule has 0 amide bonds. The third kappa shape index (κ3) is 2.81. The molecule has 0 spiro atoms. The lowest BCUT2D eigenvalue weighted by Gasteiger charge is -2.12. The molecule has 1 heterocycles. The first-order chi connectivity index (χ1) is 11.3. The van der Waals surface area contributed by atoms with E-state index < -0.39 is 15.8 Å². The van der Waals surface area contributed by atoms with Gasteiger partial charge in [0.15, 0.2) is 5.58 Å². The fourth-order valence-electron chi connectivity index (χ4n) is 2.52. The summed E-state index contributed by atoms with van der Waals surface area (Å²) in [4.78, 5) is 11.9. The highest BCUT2D eigenvalue weighted by atomic mass is 35.5. The zero-order chi connectivity index (χ0) is 17.5. The van der Waals surface area contributed by atoms with Crippen molar-refractivity contribution in [1.29, 1.82) is 0 Å². The number of aryl methyl sites for hydroxylation is 2. The number of aromatic nitrogens is 1. The number of anilines is 1. The van der Waals surface area contributed by atoms with Gasteiger partial charge in [0.05, 0.1) is 21.1 Å². The van der Waals surface area contributed by atoms with Gasteiger partial charge in [0.25, 0.3) is 10.0 Å². The zero-order valence-corrected chi connectivity index (χ0v) is 14.6. The minimum Gasteiger partial charge on any atom is -0.408 e. The number of rotatable bonds is 4. The maximum Gasteiger partial charge on any atom is 0.419 e. The van der Waals surface area contributed by atoms with Gasteiger partial charge in [0.1, 0.15) is 0 Å². The number of nitrogens with one attached hydrogen (secondary N) is 1. The van der Waals surface area contributed by atoms with Crippen LogP contribution in [0.4, 0.5) is 5.69 Å². The van der Waals surface area contributed by atoms with Crippen molar-refractivity contribution in [2.24, 2.45) is 0 Å². The lowest BCUT2D eigenvalue weighted by molar-refractivity contribution is 0.513. The summed E-state index contributed by atoms with van der Waals surface area (Å²) in [5, 5.41) is 0.300. The van der Waals surface area contributed by atoms with Crippen LogP contribution in [0.1, 0.15) is 12.5 Å². The van der Waals surface area contributed by atoms with Gasteiger partial charge in [-0.1, -0.05) is 23.7 Å². The topological polar surface area (TPSA) is 81.3 Å². The third-order valence-electron chi connectivity index (χ3n) is 3.69. The van der Waals surface area contributed by atoms with Crippen LogP contribution in [0, 0.1) is 6.92 Å². The number of hydrogen-bond acceptors (Lipinski definition) is 4. The Labute approximate surface area is 143 Å². The Balaban J connectivity index is 2.15. The molecule has 0 bridgehead atoms. The first kappa shape index (κ1) is 16.6. The minimum atomic E-state index is -3.87. The third-order valence-corrected chi connectivity index (χ3v) is 5.53. The number of benzene rings is 2. The van der Waals surface area contributed by atoms with Gasteiger partial charge in [0.2, 0.25) is 0 Å². The summed E-state index contributed by atoms with van der Waals surface area (Å²) >= 11 is 6.02. The molecule has 0 saturated heterocycles. The molecular weight excluding hydrogens is 352 g/mol. The van der Waals surface area contributed by atoms with Gasteiger partial charge < -0.3 is 4.42 Å². The van der Waals surface area contributed by atoms with E-state index in [0.717, 1.165) is 0 Å². The number of hydrogen-bond donors (Lipinski definition) is 1. The van der Waals surface area contributed by atoms with Gasteiger partial charge >= 0.3 is 5.76 Å². The molecule has 0 aliphatic heterocycles. The molecule has 3 rings (SSSR count). The Morgan fingerprint density at radius 1 is 1.25 bits per heavy atom. The van der Waals surface area contributed by atoms with Gasteiger partial charge in [-0.05, 0) is 43.7 Å². The molecular formula is C16H15ClN2O4S. The minimum absolute atomic E-state index is 0.0675. The van der Waals surface area contributed by atoms with Gasteiger partial charge in [0, 0.05) is 6.54 Å². The summed E-state index contributed by atoms with van der Waals surface area (Å²) in [6.07, 6.45) is 0. The van der Waals surface area contributed by atoms with E-state index in [1.807, 2.05) is 0 Å². The molecule has 0 aliphatic rings. The zero-order valence-electron chi connectivity index (χ0n) is 13.0. The summed E-state index contributed by atoms with van der Waals surface area (Å²) in [6, 6.07) is 9.56. The highest BCUT2D eigenvalue weighted by Crippen LogP contribution is 2.27. The molecule has 24 heavy (non-hydrogen) atoms. The highest BCUT2D eigenvalue weighted by Gasteiger charge is 2.21. The van der Waals surface area contributed by atoms with Crippen molar-refractivity contribution in [3.63, 3.8) is 0 Å². The van der Waals surface area contributed by atoms with Crippen LogP contribution in [0.3, 0.4) is 0 Å². The smallest absolute Gasteiger partial charge is 0.408 e. The van der Waals surface area contributed by atoms with Crippen LogP contribution >= 0.6 is 11.6 Å². The quantitative estimate of drug-likeness (QED) is 0.767. The van der Waals surface area contributed by atoms with E-state index in [1.54, 1.807) is 44.2 Å². The van der Waals surface area contributed by atoms with E-state index in [2.05, 4.69) is 4.72 Å². The first-order valence-electron chi connectivity index (χ1n) is 7.25. The molecule has 3 aromatic rings. The van der Waals surface area contributed by atoms with Gasteiger partial charge in [-0.3, -0.25) is 9.29 Å². The van der Waals surface area contributed by atoms with Crippen molar-refractivity contribution in [3.05, 3.63) is 57.5 Å². The second-order valence-electron chi connectivity index (χ2n) is 5.28. The molecule has 126 valence electrons. The van der Waals surface area contributed by atoms with Crippen molar-refractivity contribution < 1.29 is 12.8 Å². The molecule has 6 nitrogen and oxygen atoms in total. The second-order valence-corrected chi connectivity index (χ2v) is 7.34. The molecule has 0 fully saturated rings. The van der Waals surface area contributed by atoms with Crippen LogP contribution in [0.15, 0.2) is 50.5 Å². The monoisotopic (exact) mass is 366 g/mol. The number of nitrogens with zero attached hydrogens (tertiary/aromatic N) is 1. The first-order valence-corrected chi connectivity index (χ1v) is 9.11. The van der Waals surface area contributed by atoms with E-state index in [0.29, 0.717) is 33.9 Å². The summed E-state index contributed by atoms with van der Waals surface area (Å²) in [5.41, 5.74) is 1.56. The number of para-hydroxylation sites is 1. The molecule has 0 atom stereocenters. The molecule has 0 aliphatic carbocycles. The van der Waals surface area contributed by atoms with E-state index in [1.165, 1.54) is 10.6 Å². The maximum atomic E-state index is 12.7. The molecule has 8 heteroatoms. The van der Waals surface area contributed by atoms with E-state index in [-0.39, 0.29) is 4.90 Å². The normalized spacial score (nSPS) is 11.8. The Bertz CT molecular complexity index is 1080. The SMILES string of the molecule is CCn1c(=O)oc2cc(C)c(S(=O)(=O)Nc3ccccc3Cl)cc21. The van der Waals surface area contributed by atoms with Crippen LogP contribution in [0.25, 0.3) is 11.1 Å². The standard InChI is InChI=1S/C16H15ClN2O4S/c1-3-19-13-9-15(10(2)8-14(13)23-16(19)20)24(21,22)18-12-7-5-4-6-11(12)17/h4-9,18H,3H2,1-2H3. The van der Waals surface area contributed by atoms with Crippen molar-refractivity contribution in [3.8, 4) is 0 Å². The summed E-state index contributed by atoms with van der Waals surface area (Å²) in [6.45, 7) is 3.81. The van der Waals surface area contributed by atoms with E-state index in [4.69, 9.17) is 16.0 Å². The van der Waals surface area contributed by atoms with Crippen molar-refractivity contribution in [2.75, 3.05) is 4.72 Å². The lowest BCUT2D eigenvalue weighted by atomic mass is 10.2. The Hall–Kier alpha value is -2.25. The molecule has 1 aromatic heterocycles. The van der Waals surface area contributed by atoms with Crippen LogP contribution in [-0.4, -0.2) is 13.0 Å². The molecule has 1 N–H and O–H groups in total. The summed E-state index contributed by atoms with van der Waals surface area (Å²) in [5.74, 6) is -0.513. The van der Waals surface area contributed by atoms with Gasteiger partial charge in [-0.15, -0.1) is 0 Å². The average Bonchev–Trinajstić information content (AvgIpc) is 2.82.